The molecule has 0 fully saturated rings. The summed E-state index contributed by atoms with van der Waals surface area (Å²) in [6.45, 7) is 7.02. The Balaban J connectivity index is 1.57. The first-order valence-electron chi connectivity index (χ1n) is 10.2. The summed E-state index contributed by atoms with van der Waals surface area (Å²) in [5.41, 5.74) is 6.10. The highest BCUT2D eigenvalue weighted by Gasteiger charge is 2.17. The van der Waals surface area contributed by atoms with Crippen LogP contribution >= 0.6 is 34.4 Å². The van der Waals surface area contributed by atoms with Crippen molar-refractivity contribution in [3.05, 3.63) is 44.4 Å². The molecule has 8 nitrogen and oxygen atoms in total. The van der Waals surface area contributed by atoms with Crippen LogP contribution in [0.3, 0.4) is 0 Å². The number of nitrogens with one attached hydrogen (secondary N) is 1. The Labute approximate surface area is 197 Å². The monoisotopic (exact) mass is 488 g/mol. The van der Waals surface area contributed by atoms with E-state index in [-0.39, 0.29) is 17.9 Å². The first kappa shape index (κ1) is 22.7. The minimum Gasteiger partial charge on any atom is -0.370 e. The van der Waals surface area contributed by atoms with Crippen LogP contribution in [0.5, 0.6) is 0 Å². The van der Waals surface area contributed by atoms with E-state index in [0.29, 0.717) is 29.3 Å². The highest BCUT2D eigenvalue weighted by Crippen LogP contribution is 2.35. The number of primary amides is 1. The van der Waals surface area contributed by atoms with Gasteiger partial charge in [0.05, 0.1) is 11.1 Å². The number of aromatic nitrogens is 5. The van der Waals surface area contributed by atoms with Crippen LogP contribution in [-0.4, -0.2) is 30.6 Å². The van der Waals surface area contributed by atoms with Gasteiger partial charge in [-0.15, -0.1) is 32.9 Å². The van der Waals surface area contributed by atoms with Crippen molar-refractivity contribution >= 4 is 50.6 Å². The molecule has 0 spiro atoms. The van der Waals surface area contributed by atoms with Crippen LogP contribution in [-0.2, 0) is 23.5 Å². The Morgan fingerprint density at radius 3 is 2.81 bits per heavy atom. The Morgan fingerprint density at radius 2 is 2.12 bits per heavy atom. The molecule has 11 heteroatoms. The first-order valence-corrected chi connectivity index (χ1v) is 12.9. The maximum absolute atomic E-state index is 12.9. The number of rotatable bonds is 9. The lowest BCUT2D eigenvalue weighted by Gasteiger charge is -2.12. The molecule has 0 radical (unpaired) electrons. The lowest BCUT2D eigenvalue weighted by Crippen LogP contribution is -2.15. The van der Waals surface area contributed by atoms with E-state index in [4.69, 9.17) is 5.73 Å². The molecule has 0 bridgehead atoms. The molecule has 0 aromatic carbocycles. The summed E-state index contributed by atoms with van der Waals surface area (Å²) in [4.78, 5) is 34.7. The number of amides is 1. The second-order valence-electron chi connectivity index (χ2n) is 7.91. The average molecular weight is 489 g/mol. The van der Waals surface area contributed by atoms with E-state index in [2.05, 4.69) is 47.0 Å². The van der Waals surface area contributed by atoms with Gasteiger partial charge in [-0.25, -0.2) is 4.98 Å². The molecule has 0 aliphatic carbocycles. The van der Waals surface area contributed by atoms with Gasteiger partial charge in [0.2, 0.25) is 5.91 Å². The van der Waals surface area contributed by atoms with E-state index in [9.17, 15) is 9.59 Å². The summed E-state index contributed by atoms with van der Waals surface area (Å²) >= 11 is 4.62. The lowest BCUT2D eigenvalue weighted by atomic mass is 10.2. The van der Waals surface area contributed by atoms with Crippen molar-refractivity contribution in [3.63, 3.8) is 0 Å². The van der Waals surface area contributed by atoms with E-state index < -0.39 is 0 Å². The second-order valence-corrected chi connectivity index (χ2v) is 11.0. The number of carbonyl (C=O) groups is 1. The second kappa shape index (κ2) is 9.55. The number of nitrogens with two attached hydrogens (primary N) is 1. The van der Waals surface area contributed by atoms with Crippen LogP contribution in [0.1, 0.15) is 36.8 Å². The minimum atomic E-state index is -0.360. The molecule has 0 saturated carbocycles. The Hall–Kier alpha value is -2.50. The number of nitrogens with zero attached hydrogens (tertiary/aromatic N) is 4. The Kier molecular flexibility index (Phi) is 6.77. The van der Waals surface area contributed by atoms with Crippen LogP contribution in [0.4, 0.5) is 0 Å². The van der Waals surface area contributed by atoms with E-state index in [0.717, 1.165) is 32.8 Å². The van der Waals surface area contributed by atoms with Gasteiger partial charge in [0.25, 0.3) is 5.56 Å². The van der Waals surface area contributed by atoms with Crippen molar-refractivity contribution in [2.45, 2.75) is 51.1 Å². The van der Waals surface area contributed by atoms with E-state index in [1.54, 1.807) is 11.3 Å². The molecular formula is C21H24N6O2S3. The molecule has 0 aliphatic rings. The van der Waals surface area contributed by atoms with Crippen molar-refractivity contribution in [2.75, 3.05) is 0 Å². The number of aromatic amines is 1. The number of fused-ring (bicyclic) bond motifs is 1. The highest BCUT2D eigenvalue weighted by atomic mass is 32.2. The van der Waals surface area contributed by atoms with Gasteiger partial charge < -0.3 is 15.3 Å². The van der Waals surface area contributed by atoms with E-state index in [1.807, 2.05) is 16.0 Å². The van der Waals surface area contributed by atoms with Gasteiger partial charge in [-0.2, -0.15) is 0 Å². The number of H-pyrrole nitrogens is 1. The molecule has 32 heavy (non-hydrogen) atoms. The van der Waals surface area contributed by atoms with Gasteiger partial charge in [0.1, 0.15) is 16.5 Å². The fourth-order valence-corrected chi connectivity index (χ4v) is 6.11. The van der Waals surface area contributed by atoms with Gasteiger partial charge in [-0.1, -0.05) is 25.6 Å². The Morgan fingerprint density at radius 1 is 1.31 bits per heavy atom. The van der Waals surface area contributed by atoms with Crippen molar-refractivity contribution in [1.29, 1.82) is 0 Å². The maximum atomic E-state index is 12.9. The lowest BCUT2D eigenvalue weighted by molar-refractivity contribution is -0.118. The molecule has 3 N–H and O–H groups in total. The Bertz CT molecular complexity index is 1320. The first-order chi connectivity index (χ1) is 15.3. The number of carbonyl (C=O) groups excluding carboxylic acids is 1. The predicted molar refractivity (Wildman–Crippen MR) is 130 cm³/mol. The van der Waals surface area contributed by atoms with Gasteiger partial charge in [0.15, 0.2) is 5.16 Å². The smallest absolute Gasteiger partial charge is 0.260 e. The van der Waals surface area contributed by atoms with Crippen molar-refractivity contribution in [2.24, 2.45) is 11.7 Å². The molecular weight excluding hydrogens is 464 g/mol. The quantitative estimate of drug-likeness (QED) is 0.344. The summed E-state index contributed by atoms with van der Waals surface area (Å²) in [5, 5.41) is 11.9. The molecule has 0 atom stereocenters. The van der Waals surface area contributed by atoms with E-state index in [1.165, 1.54) is 28.0 Å². The normalized spacial score (nSPS) is 11.6. The zero-order chi connectivity index (χ0) is 22.8. The molecule has 0 saturated heterocycles. The largest absolute Gasteiger partial charge is 0.370 e. The zero-order valence-corrected chi connectivity index (χ0v) is 20.5. The maximum Gasteiger partial charge on any atom is 0.260 e. The fraction of sp³-hybridized carbons (Fsp3) is 0.381. The topological polar surface area (TPSA) is 120 Å². The van der Waals surface area contributed by atoms with Gasteiger partial charge in [-0.3, -0.25) is 9.59 Å². The summed E-state index contributed by atoms with van der Waals surface area (Å²) in [5.74, 6) is 1.83. The molecule has 4 aromatic rings. The third kappa shape index (κ3) is 4.94. The summed E-state index contributed by atoms with van der Waals surface area (Å²) < 4.78 is 2.03. The number of thioether (sulfide) groups is 1. The minimum absolute atomic E-state index is 0.126. The van der Waals surface area contributed by atoms with Gasteiger partial charge in [-0.05, 0) is 25.0 Å². The van der Waals surface area contributed by atoms with Crippen LogP contribution in [0, 0.1) is 12.8 Å². The van der Waals surface area contributed by atoms with Gasteiger partial charge >= 0.3 is 0 Å². The third-order valence-electron chi connectivity index (χ3n) is 4.77. The summed E-state index contributed by atoms with van der Waals surface area (Å²) in [6, 6.07) is 4.10. The molecule has 168 valence electrons. The fourth-order valence-electron chi connectivity index (χ4n) is 3.35. The molecule has 4 heterocycles. The van der Waals surface area contributed by atoms with Crippen molar-refractivity contribution in [1.82, 2.24) is 24.7 Å². The van der Waals surface area contributed by atoms with Crippen molar-refractivity contribution in [3.8, 4) is 10.4 Å². The molecule has 0 unspecified atom stereocenters. The highest BCUT2D eigenvalue weighted by molar-refractivity contribution is 7.98. The van der Waals surface area contributed by atoms with Crippen LogP contribution in [0.25, 0.3) is 20.7 Å². The number of hydrogen-bond donors (Lipinski definition) is 2. The molecule has 4 rings (SSSR count). The van der Waals surface area contributed by atoms with Crippen LogP contribution in [0.2, 0.25) is 0 Å². The SMILES string of the molecule is Cc1ccc(-c2csc3nc(CSc4nnc(CCC(N)=O)n4CC(C)C)[nH]c(=O)c23)s1. The van der Waals surface area contributed by atoms with E-state index >= 15 is 0 Å². The zero-order valence-electron chi connectivity index (χ0n) is 18.0. The van der Waals surface area contributed by atoms with Crippen LogP contribution < -0.4 is 11.3 Å². The third-order valence-corrected chi connectivity index (χ3v) is 7.66. The number of aryl methyl sites for hydroxylation is 2. The van der Waals surface area contributed by atoms with Crippen molar-refractivity contribution < 1.29 is 4.79 Å². The molecule has 0 aliphatic heterocycles. The van der Waals surface area contributed by atoms with Crippen LogP contribution in [0.15, 0.2) is 27.5 Å². The number of thiophene rings is 2. The standard InChI is InChI=1S/C21H24N6O2S3/c1-11(2)8-27-17(7-6-15(22)28)25-26-21(27)31-10-16-23-19(29)18-13(9-30-20(18)24-16)14-5-4-12(3)32-14/h4-5,9,11H,6-8,10H2,1-3H3,(H2,22,28)(H,23,24,29). The molecule has 4 aromatic heterocycles. The number of hydrogen-bond acceptors (Lipinski definition) is 8. The summed E-state index contributed by atoms with van der Waals surface area (Å²) in [6.07, 6.45) is 0.688. The van der Waals surface area contributed by atoms with Gasteiger partial charge in [0, 0.05) is 40.1 Å². The summed E-state index contributed by atoms with van der Waals surface area (Å²) in [7, 11) is 0. The predicted octanol–water partition coefficient (Wildman–Crippen LogP) is 3.98. The molecule has 1 amide bonds. The average Bonchev–Trinajstić information content (AvgIpc) is 3.43.